The van der Waals surface area contributed by atoms with Crippen molar-refractivity contribution in [2.45, 2.75) is 32.5 Å². The molecular formula is C27H27N3O3S. The Morgan fingerprint density at radius 1 is 0.941 bits per heavy atom. The van der Waals surface area contributed by atoms with Gasteiger partial charge < -0.3 is 14.6 Å². The summed E-state index contributed by atoms with van der Waals surface area (Å²) in [6, 6.07) is 22.0. The summed E-state index contributed by atoms with van der Waals surface area (Å²) >= 11 is 1.31. The van der Waals surface area contributed by atoms with Gasteiger partial charge in [0.25, 0.3) is 5.91 Å². The smallest absolute Gasteiger partial charge is 0.316 e. The van der Waals surface area contributed by atoms with Gasteiger partial charge in [-0.25, -0.2) is 4.98 Å². The second-order valence-electron chi connectivity index (χ2n) is 8.33. The van der Waals surface area contributed by atoms with Crippen molar-refractivity contribution in [2.75, 3.05) is 17.7 Å². The Balaban J connectivity index is 1.38. The Bertz CT molecular complexity index is 1330. The molecule has 1 amide bonds. The van der Waals surface area contributed by atoms with Crippen molar-refractivity contribution in [2.24, 2.45) is 0 Å². The van der Waals surface area contributed by atoms with E-state index in [4.69, 9.17) is 9.72 Å². The van der Waals surface area contributed by atoms with E-state index in [1.54, 1.807) is 0 Å². The highest BCUT2D eigenvalue weighted by molar-refractivity contribution is 7.99. The lowest BCUT2D eigenvalue weighted by Gasteiger charge is -2.10. The number of benzene rings is 3. The summed E-state index contributed by atoms with van der Waals surface area (Å²) in [4.78, 5) is 29.3. The number of carbonyl (C=O) groups is 2. The molecule has 34 heavy (non-hydrogen) atoms. The first kappa shape index (κ1) is 23.6. The van der Waals surface area contributed by atoms with Gasteiger partial charge in [0.15, 0.2) is 11.8 Å². The summed E-state index contributed by atoms with van der Waals surface area (Å²) in [5.41, 5.74) is 7.04. The maximum absolute atomic E-state index is 12.4. The third-order valence-corrected chi connectivity index (χ3v) is 6.18. The number of carbonyl (C=O) groups excluding carboxylic acids is 2. The van der Waals surface area contributed by atoms with Crippen molar-refractivity contribution in [1.82, 2.24) is 9.55 Å². The summed E-state index contributed by atoms with van der Waals surface area (Å²) < 4.78 is 7.30. The number of rotatable bonds is 8. The molecule has 0 fully saturated rings. The molecule has 0 aliphatic heterocycles. The highest BCUT2D eigenvalue weighted by atomic mass is 32.2. The van der Waals surface area contributed by atoms with Crippen LogP contribution in [0.25, 0.3) is 11.0 Å². The number of esters is 1. The molecule has 0 radical (unpaired) electrons. The highest BCUT2D eigenvalue weighted by Crippen LogP contribution is 2.25. The van der Waals surface area contributed by atoms with Crippen LogP contribution < -0.4 is 5.32 Å². The maximum atomic E-state index is 12.4. The predicted molar refractivity (Wildman–Crippen MR) is 136 cm³/mol. The van der Waals surface area contributed by atoms with Gasteiger partial charge in [-0.05, 0) is 61.7 Å². The minimum atomic E-state index is -0.463. The van der Waals surface area contributed by atoms with Crippen molar-refractivity contribution in [3.63, 3.8) is 0 Å². The van der Waals surface area contributed by atoms with E-state index in [2.05, 4.69) is 35.0 Å². The van der Waals surface area contributed by atoms with E-state index in [1.165, 1.54) is 17.3 Å². The zero-order valence-electron chi connectivity index (χ0n) is 19.5. The molecule has 4 aromatic rings. The summed E-state index contributed by atoms with van der Waals surface area (Å²) in [6.07, 6.45) is 0. The van der Waals surface area contributed by atoms with Gasteiger partial charge in [-0.1, -0.05) is 59.8 Å². The number of thioether (sulfide) groups is 1. The number of nitrogens with one attached hydrogen (secondary N) is 1. The van der Waals surface area contributed by atoms with Crippen molar-refractivity contribution in [3.05, 3.63) is 89.0 Å². The number of aromatic nitrogens is 2. The molecule has 7 heteroatoms. The topological polar surface area (TPSA) is 73.2 Å². The minimum absolute atomic E-state index is 0.0635. The molecule has 174 valence electrons. The molecular weight excluding hydrogens is 446 g/mol. The Morgan fingerprint density at radius 3 is 2.47 bits per heavy atom. The summed E-state index contributed by atoms with van der Waals surface area (Å²) in [5.74, 6) is -0.765. The predicted octanol–water partition coefficient (Wildman–Crippen LogP) is 5.28. The molecule has 1 aromatic heterocycles. The van der Waals surface area contributed by atoms with Crippen LogP contribution in [0.15, 0.2) is 71.9 Å². The fourth-order valence-electron chi connectivity index (χ4n) is 3.86. The van der Waals surface area contributed by atoms with Gasteiger partial charge >= 0.3 is 5.97 Å². The third-order valence-electron chi connectivity index (χ3n) is 5.23. The SMILES string of the molecule is Cc1cccc(Cn2c(SCC(=O)OCC(=O)Nc3cc(C)cc(C)c3)nc3ccccc32)c1. The van der Waals surface area contributed by atoms with Crippen molar-refractivity contribution in [3.8, 4) is 0 Å². The van der Waals surface area contributed by atoms with Crippen LogP contribution in [-0.4, -0.2) is 33.8 Å². The van der Waals surface area contributed by atoms with Crippen molar-refractivity contribution >= 4 is 40.4 Å². The van der Waals surface area contributed by atoms with Crippen molar-refractivity contribution in [1.29, 1.82) is 0 Å². The van der Waals surface area contributed by atoms with E-state index in [1.807, 2.05) is 62.4 Å². The first-order valence-electron chi connectivity index (χ1n) is 11.0. The van der Waals surface area contributed by atoms with Crippen molar-refractivity contribution < 1.29 is 14.3 Å². The molecule has 6 nitrogen and oxygen atoms in total. The van der Waals surface area contributed by atoms with E-state index in [-0.39, 0.29) is 18.3 Å². The Morgan fingerprint density at radius 2 is 1.71 bits per heavy atom. The minimum Gasteiger partial charge on any atom is -0.455 e. The van der Waals surface area contributed by atoms with Gasteiger partial charge in [-0.2, -0.15) is 0 Å². The first-order chi connectivity index (χ1) is 16.4. The van der Waals surface area contributed by atoms with Gasteiger partial charge in [0.1, 0.15) is 0 Å². The normalized spacial score (nSPS) is 10.9. The largest absolute Gasteiger partial charge is 0.455 e. The molecule has 0 aliphatic rings. The zero-order valence-corrected chi connectivity index (χ0v) is 20.3. The molecule has 0 bridgehead atoms. The molecule has 3 aromatic carbocycles. The number of amides is 1. The van der Waals surface area contributed by atoms with Crippen LogP contribution in [-0.2, 0) is 20.9 Å². The van der Waals surface area contributed by atoms with Crippen LogP contribution in [0.1, 0.15) is 22.3 Å². The summed E-state index contributed by atoms with van der Waals surface area (Å²) in [7, 11) is 0. The van der Waals surface area contributed by atoms with E-state index in [9.17, 15) is 9.59 Å². The number of para-hydroxylation sites is 2. The van der Waals surface area contributed by atoms with Crippen LogP contribution in [0.4, 0.5) is 5.69 Å². The van der Waals surface area contributed by atoms with E-state index >= 15 is 0 Å². The molecule has 0 saturated carbocycles. The van der Waals surface area contributed by atoms with Crippen LogP contribution in [0.5, 0.6) is 0 Å². The molecule has 0 aliphatic carbocycles. The van der Waals surface area contributed by atoms with Gasteiger partial charge in [-0.3, -0.25) is 9.59 Å². The Kier molecular flexibility index (Phi) is 7.33. The van der Waals surface area contributed by atoms with E-state index in [0.29, 0.717) is 12.2 Å². The van der Waals surface area contributed by atoms with Gasteiger partial charge in [0.05, 0.1) is 23.3 Å². The van der Waals surface area contributed by atoms with Crippen LogP contribution in [0.3, 0.4) is 0 Å². The third kappa shape index (κ3) is 6.05. The molecule has 1 N–H and O–H groups in total. The monoisotopic (exact) mass is 473 g/mol. The van der Waals surface area contributed by atoms with Crippen LogP contribution in [0, 0.1) is 20.8 Å². The highest BCUT2D eigenvalue weighted by Gasteiger charge is 2.15. The molecule has 4 rings (SSSR count). The van der Waals surface area contributed by atoms with E-state index < -0.39 is 5.97 Å². The average molecular weight is 474 g/mol. The lowest BCUT2D eigenvalue weighted by atomic mass is 10.1. The number of hydrogen-bond acceptors (Lipinski definition) is 5. The van der Waals surface area contributed by atoms with Gasteiger partial charge in [0.2, 0.25) is 0 Å². The number of fused-ring (bicyclic) bond motifs is 1. The zero-order chi connectivity index (χ0) is 24.1. The maximum Gasteiger partial charge on any atom is 0.316 e. The fraction of sp³-hybridized carbons (Fsp3) is 0.222. The number of anilines is 1. The number of imidazole rings is 1. The Labute approximate surface area is 203 Å². The molecule has 1 heterocycles. The van der Waals surface area contributed by atoms with Gasteiger partial charge in [0, 0.05) is 5.69 Å². The fourth-order valence-corrected chi connectivity index (χ4v) is 4.68. The quantitative estimate of drug-likeness (QED) is 0.278. The summed E-state index contributed by atoms with van der Waals surface area (Å²) in [5, 5.41) is 3.51. The molecule has 0 unspecified atom stereocenters. The molecule has 0 saturated heterocycles. The first-order valence-corrected chi connectivity index (χ1v) is 12.0. The van der Waals surface area contributed by atoms with Gasteiger partial charge in [-0.15, -0.1) is 0 Å². The second-order valence-corrected chi connectivity index (χ2v) is 9.27. The second kappa shape index (κ2) is 10.6. The lowest BCUT2D eigenvalue weighted by Crippen LogP contribution is -2.21. The lowest BCUT2D eigenvalue weighted by molar-refractivity contribution is -0.144. The standard InChI is InChI=1S/C27H27N3O3S/c1-18-7-6-8-21(12-18)15-30-24-10-5-4-9-23(24)29-27(30)34-17-26(32)33-16-25(31)28-22-13-19(2)11-20(3)14-22/h4-14H,15-17H2,1-3H3,(H,28,31). The number of nitrogens with zero attached hydrogens (tertiary/aromatic N) is 2. The van der Waals surface area contributed by atoms with E-state index in [0.717, 1.165) is 32.9 Å². The van der Waals surface area contributed by atoms with Crippen LogP contribution >= 0.6 is 11.8 Å². The average Bonchev–Trinajstić information content (AvgIpc) is 3.13. The Hall–Kier alpha value is -3.58. The number of hydrogen-bond donors (Lipinski definition) is 1. The number of aryl methyl sites for hydroxylation is 3. The molecule has 0 spiro atoms. The van der Waals surface area contributed by atoms with Crippen LogP contribution in [0.2, 0.25) is 0 Å². The number of ether oxygens (including phenoxy) is 1. The summed E-state index contributed by atoms with van der Waals surface area (Å²) in [6.45, 7) is 6.32. The molecule has 0 atom stereocenters.